The van der Waals surface area contributed by atoms with E-state index in [9.17, 15) is 4.39 Å². The molecule has 1 atom stereocenters. The van der Waals surface area contributed by atoms with E-state index in [2.05, 4.69) is 6.92 Å². The Morgan fingerprint density at radius 1 is 1.11 bits per heavy atom. The molecule has 0 radical (unpaired) electrons. The van der Waals surface area contributed by atoms with Crippen LogP contribution in [0.15, 0.2) is 42.5 Å². The Labute approximate surface area is 113 Å². The first-order chi connectivity index (χ1) is 9.08. The van der Waals surface area contributed by atoms with Crippen LogP contribution >= 0.6 is 0 Å². The van der Waals surface area contributed by atoms with E-state index in [1.807, 2.05) is 25.1 Å². The molecule has 0 fully saturated rings. The third-order valence-corrected chi connectivity index (χ3v) is 3.21. The van der Waals surface area contributed by atoms with Crippen molar-refractivity contribution in [3.8, 4) is 5.75 Å². The average molecular weight is 259 g/mol. The van der Waals surface area contributed by atoms with Gasteiger partial charge >= 0.3 is 0 Å². The Hall–Kier alpha value is -1.87. The van der Waals surface area contributed by atoms with Gasteiger partial charge in [0.2, 0.25) is 0 Å². The molecule has 100 valence electrons. The van der Waals surface area contributed by atoms with Gasteiger partial charge < -0.3 is 10.5 Å². The Morgan fingerprint density at radius 2 is 1.84 bits per heavy atom. The number of para-hydroxylation sites is 1. The molecule has 0 aliphatic heterocycles. The molecule has 0 saturated heterocycles. The van der Waals surface area contributed by atoms with Crippen LogP contribution in [0.4, 0.5) is 4.39 Å². The van der Waals surface area contributed by atoms with Gasteiger partial charge in [-0.1, -0.05) is 30.3 Å². The summed E-state index contributed by atoms with van der Waals surface area (Å²) in [6.45, 7) is 4.35. The summed E-state index contributed by atoms with van der Waals surface area (Å²) >= 11 is 0. The van der Waals surface area contributed by atoms with Crippen LogP contribution in [0.25, 0.3) is 0 Å². The SMILES string of the molecule is Cc1ccc(C(N)COc2ccccc2F)cc1C. The van der Waals surface area contributed by atoms with Crippen molar-refractivity contribution in [3.63, 3.8) is 0 Å². The molecule has 2 aromatic rings. The molecule has 2 N–H and O–H groups in total. The van der Waals surface area contributed by atoms with E-state index < -0.39 is 0 Å². The smallest absolute Gasteiger partial charge is 0.165 e. The second-order valence-electron chi connectivity index (χ2n) is 4.69. The fraction of sp³-hybridized carbons (Fsp3) is 0.250. The van der Waals surface area contributed by atoms with Crippen molar-refractivity contribution in [2.45, 2.75) is 19.9 Å². The first-order valence-corrected chi connectivity index (χ1v) is 6.28. The van der Waals surface area contributed by atoms with E-state index in [1.165, 1.54) is 17.2 Å². The van der Waals surface area contributed by atoms with Gasteiger partial charge in [0.25, 0.3) is 0 Å². The summed E-state index contributed by atoms with van der Waals surface area (Å²) in [5.41, 5.74) is 9.49. The Morgan fingerprint density at radius 3 is 2.53 bits per heavy atom. The van der Waals surface area contributed by atoms with Gasteiger partial charge in [0.05, 0.1) is 6.04 Å². The summed E-state index contributed by atoms with van der Waals surface area (Å²) in [5.74, 6) is -0.128. The quantitative estimate of drug-likeness (QED) is 0.911. The highest BCUT2D eigenvalue weighted by Gasteiger charge is 2.09. The minimum Gasteiger partial charge on any atom is -0.489 e. The predicted octanol–water partition coefficient (Wildman–Crippen LogP) is 3.52. The number of halogens is 1. The maximum absolute atomic E-state index is 13.4. The van der Waals surface area contributed by atoms with Crippen LogP contribution in [0.3, 0.4) is 0 Å². The van der Waals surface area contributed by atoms with E-state index >= 15 is 0 Å². The van der Waals surface area contributed by atoms with Crippen molar-refractivity contribution >= 4 is 0 Å². The summed E-state index contributed by atoms with van der Waals surface area (Å²) in [7, 11) is 0. The number of rotatable bonds is 4. The summed E-state index contributed by atoms with van der Waals surface area (Å²) < 4.78 is 18.8. The molecule has 0 amide bonds. The van der Waals surface area contributed by atoms with Gasteiger partial charge in [0.15, 0.2) is 11.6 Å². The maximum atomic E-state index is 13.4. The van der Waals surface area contributed by atoms with Crippen molar-refractivity contribution in [1.29, 1.82) is 0 Å². The molecular formula is C16H18FNO. The maximum Gasteiger partial charge on any atom is 0.165 e. The zero-order valence-corrected chi connectivity index (χ0v) is 11.2. The third kappa shape index (κ3) is 3.32. The zero-order valence-electron chi connectivity index (χ0n) is 11.2. The first kappa shape index (κ1) is 13.6. The monoisotopic (exact) mass is 259 g/mol. The van der Waals surface area contributed by atoms with E-state index in [0.29, 0.717) is 0 Å². The lowest BCUT2D eigenvalue weighted by Gasteiger charge is -2.15. The van der Waals surface area contributed by atoms with Gasteiger partial charge in [-0.3, -0.25) is 0 Å². The lowest BCUT2D eigenvalue weighted by atomic mass is 10.0. The number of aryl methyl sites for hydroxylation is 2. The molecule has 1 unspecified atom stereocenters. The number of hydrogen-bond acceptors (Lipinski definition) is 2. The summed E-state index contributed by atoms with van der Waals surface area (Å²) in [5, 5.41) is 0. The first-order valence-electron chi connectivity index (χ1n) is 6.28. The van der Waals surface area contributed by atoms with Gasteiger partial charge in [-0.15, -0.1) is 0 Å². The Bertz CT molecular complexity index is 568. The highest BCUT2D eigenvalue weighted by molar-refractivity contribution is 5.32. The third-order valence-electron chi connectivity index (χ3n) is 3.21. The fourth-order valence-electron chi connectivity index (χ4n) is 1.83. The summed E-state index contributed by atoms with van der Waals surface area (Å²) in [6, 6.07) is 12.1. The van der Waals surface area contributed by atoms with Crippen LogP contribution in [0.1, 0.15) is 22.7 Å². The van der Waals surface area contributed by atoms with Crippen molar-refractivity contribution in [1.82, 2.24) is 0 Å². The molecule has 0 spiro atoms. The van der Waals surface area contributed by atoms with Crippen LogP contribution in [0.2, 0.25) is 0 Å². The topological polar surface area (TPSA) is 35.2 Å². The second-order valence-corrected chi connectivity index (χ2v) is 4.69. The van der Waals surface area contributed by atoms with Gasteiger partial charge in [0, 0.05) is 0 Å². The average Bonchev–Trinajstić information content (AvgIpc) is 2.40. The molecule has 0 saturated carbocycles. The Kier molecular flexibility index (Phi) is 4.17. The highest BCUT2D eigenvalue weighted by Crippen LogP contribution is 2.19. The van der Waals surface area contributed by atoms with E-state index in [1.54, 1.807) is 18.2 Å². The number of hydrogen-bond donors (Lipinski definition) is 1. The number of benzene rings is 2. The standard InChI is InChI=1S/C16H18FNO/c1-11-7-8-13(9-12(11)2)15(18)10-19-16-6-4-3-5-14(16)17/h3-9,15H,10,18H2,1-2H3. The summed E-state index contributed by atoms with van der Waals surface area (Å²) in [4.78, 5) is 0. The molecule has 2 aromatic carbocycles. The molecule has 0 aliphatic carbocycles. The van der Waals surface area contributed by atoms with Crippen LogP contribution in [0.5, 0.6) is 5.75 Å². The normalized spacial score (nSPS) is 12.2. The summed E-state index contributed by atoms with van der Waals surface area (Å²) in [6.07, 6.45) is 0. The predicted molar refractivity (Wildman–Crippen MR) is 74.7 cm³/mol. The minimum atomic E-state index is -0.366. The van der Waals surface area contributed by atoms with Crippen molar-refractivity contribution in [2.24, 2.45) is 5.73 Å². The van der Waals surface area contributed by atoms with Crippen LogP contribution in [-0.2, 0) is 0 Å². The second kappa shape index (κ2) is 5.85. The Balaban J connectivity index is 2.03. The lowest BCUT2D eigenvalue weighted by molar-refractivity contribution is 0.277. The number of ether oxygens (including phenoxy) is 1. The van der Waals surface area contributed by atoms with Crippen LogP contribution in [0, 0.1) is 19.7 Å². The van der Waals surface area contributed by atoms with Gasteiger partial charge in [-0.05, 0) is 42.7 Å². The minimum absolute atomic E-state index is 0.238. The highest BCUT2D eigenvalue weighted by atomic mass is 19.1. The molecule has 0 bridgehead atoms. The van der Waals surface area contributed by atoms with E-state index in [4.69, 9.17) is 10.5 Å². The lowest BCUT2D eigenvalue weighted by Crippen LogP contribution is -2.19. The number of nitrogens with two attached hydrogens (primary N) is 1. The van der Waals surface area contributed by atoms with E-state index in [-0.39, 0.29) is 24.2 Å². The van der Waals surface area contributed by atoms with E-state index in [0.717, 1.165) is 5.56 Å². The molecule has 19 heavy (non-hydrogen) atoms. The molecule has 0 aromatic heterocycles. The molecule has 0 heterocycles. The molecular weight excluding hydrogens is 241 g/mol. The van der Waals surface area contributed by atoms with Crippen molar-refractivity contribution < 1.29 is 9.13 Å². The van der Waals surface area contributed by atoms with Crippen molar-refractivity contribution in [3.05, 3.63) is 65.0 Å². The van der Waals surface area contributed by atoms with Crippen LogP contribution < -0.4 is 10.5 Å². The zero-order chi connectivity index (χ0) is 13.8. The fourth-order valence-corrected chi connectivity index (χ4v) is 1.83. The molecule has 0 aliphatic rings. The molecule has 2 nitrogen and oxygen atoms in total. The molecule has 3 heteroatoms. The largest absolute Gasteiger partial charge is 0.489 e. The van der Waals surface area contributed by atoms with Gasteiger partial charge in [-0.25, -0.2) is 4.39 Å². The van der Waals surface area contributed by atoms with Gasteiger partial charge in [-0.2, -0.15) is 0 Å². The van der Waals surface area contributed by atoms with Crippen molar-refractivity contribution in [2.75, 3.05) is 6.61 Å². The molecule has 2 rings (SSSR count). The van der Waals surface area contributed by atoms with Gasteiger partial charge in [0.1, 0.15) is 6.61 Å². The van der Waals surface area contributed by atoms with Crippen LogP contribution in [-0.4, -0.2) is 6.61 Å².